The molecule has 3 unspecified atom stereocenters. The second-order valence-electron chi connectivity index (χ2n) is 6.52. The molecule has 0 saturated carbocycles. The van der Waals surface area contributed by atoms with E-state index >= 15 is 0 Å². The summed E-state index contributed by atoms with van der Waals surface area (Å²) in [7, 11) is 0. The van der Waals surface area contributed by atoms with Crippen molar-refractivity contribution in [1.82, 2.24) is 16.0 Å². The van der Waals surface area contributed by atoms with Gasteiger partial charge in [0, 0.05) is 12.8 Å². The van der Waals surface area contributed by atoms with Crippen molar-refractivity contribution in [1.29, 1.82) is 0 Å². The number of carbonyl (C=O) groups excluding carboxylic acids is 6. The lowest BCUT2D eigenvalue weighted by atomic mass is 10.1. The maximum atomic E-state index is 12.4. The lowest BCUT2D eigenvalue weighted by molar-refractivity contribution is -0.142. The number of carbonyl (C=O) groups is 7. The van der Waals surface area contributed by atoms with E-state index in [-0.39, 0.29) is 25.7 Å². The van der Waals surface area contributed by atoms with Crippen LogP contribution in [0, 0.1) is 0 Å². The average Bonchev–Trinajstić information content (AvgIpc) is 2.64. The van der Waals surface area contributed by atoms with E-state index in [4.69, 9.17) is 28.0 Å². The van der Waals surface area contributed by atoms with Gasteiger partial charge in [-0.25, -0.2) is 4.79 Å². The van der Waals surface area contributed by atoms with Crippen LogP contribution in [0.5, 0.6) is 0 Å². The average molecular weight is 445 g/mol. The standard InChI is InChI=1S/C16H27N7O8/c17-7(5-12(20)26)14(28)21-6-13(27)22-8(1-3-10(18)24)15(29)23-9(16(30)31)2-4-11(19)25/h7-9H,1-6,17H2,(H2,18,24)(H2,19,25)(H2,20,26)(H,21,28)(H,22,27)(H,23,29)(H,30,31). The van der Waals surface area contributed by atoms with Crippen LogP contribution in [0.15, 0.2) is 0 Å². The molecule has 0 fully saturated rings. The van der Waals surface area contributed by atoms with E-state index in [1.165, 1.54) is 0 Å². The molecule has 0 aliphatic rings. The number of hydrogen-bond donors (Lipinski definition) is 8. The van der Waals surface area contributed by atoms with Gasteiger partial charge in [0.15, 0.2) is 0 Å². The van der Waals surface area contributed by atoms with E-state index < -0.39 is 72.5 Å². The van der Waals surface area contributed by atoms with Gasteiger partial charge in [0.25, 0.3) is 0 Å². The molecule has 0 bridgehead atoms. The number of aliphatic carboxylic acids is 1. The van der Waals surface area contributed by atoms with Crippen molar-refractivity contribution in [3.8, 4) is 0 Å². The Morgan fingerprint density at radius 3 is 1.71 bits per heavy atom. The highest BCUT2D eigenvalue weighted by molar-refractivity contribution is 5.93. The van der Waals surface area contributed by atoms with Crippen LogP contribution in [0.25, 0.3) is 0 Å². The molecule has 0 aliphatic carbocycles. The Hall–Kier alpha value is -3.75. The molecule has 0 heterocycles. The molecule has 6 amide bonds. The monoisotopic (exact) mass is 445 g/mol. The highest BCUT2D eigenvalue weighted by atomic mass is 16.4. The molecule has 0 aromatic rings. The third kappa shape index (κ3) is 12.4. The highest BCUT2D eigenvalue weighted by Gasteiger charge is 2.27. The zero-order valence-electron chi connectivity index (χ0n) is 16.6. The quantitative estimate of drug-likeness (QED) is 0.119. The minimum absolute atomic E-state index is 0.260. The van der Waals surface area contributed by atoms with E-state index in [0.717, 1.165) is 0 Å². The number of hydrogen-bond acceptors (Lipinski definition) is 8. The van der Waals surface area contributed by atoms with Crippen LogP contribution in [0.3, 0.4) is 0 Å². The summed E-state index contributed by atoms with van der Waals surface area (Å²) in [6.07, 6.45) is -1.62. The van der Waals surface area contributed by atoms with Crippen LogP contribution < -0.4 is 38.9 Å². The van der Waals surface area contributed by atoms with Gasteiger partial charge in [0.1, 0.15) is 12.1 Å². The molecular formula is C16H27N7O8. The van der Waals surface area contributed by atoms with Gasteiger partial charge in [0.2, 0.25) is 35.4 Å². The van der Waals surface area contributed by atoms with Crippen LogP contribution in [0.1, 0.15) is 32.1 Å². The highest BCUT2D eigenvalue weighted by Crippen LogP contribution is 2.02. The number of amides is 6. The molecule has 31 heavy (non-hydrogen) atoms. The zero-order valence-corrected chi connectivity index (χ0v) is 16.6. The predicted molar refractivity (Wildman–Crippen MR) is 103 cm³/mol. The third-order valence-electron chi connectivity index (χ3n) is 3.81. The summed E-state index contributed by atoms with van der Waals surface area (Å²) < 4.78 is 0. The number of nitrogens with two attached hydrogens (primary N) is 4. The Kier molecular flexibility index (Phi) is 11.8. The van der Waals surface area contributed by atoms with Crippen LogP contribution >= 0.6 is 0 Å². The summed E-state index contributed by atoms with van der Waals surface area (Å²) in [5.41, 5.74) is 20.3. The maximum absolute atomic E-state index is 12.4. The molecule has 12 N–H and O–H groups in total. The largest absolute Gasteiger partial charge is 0.480 e. The van der Waals surface area contributed by atoms with Gasteiger partial charge < -0.3 is 44.0 Å². The molecule has 0 rings (SSSR count). The van der Waals surface area contributed by atoms with E-state index in [1.807, 2.05) is 0 Å². The van der Waals surface area contributed by atoms with Crippen molar-refractivity contribution >= 4 is 41.4 Å². The summed E-state index contributed by atoms with van der Waals surface area (Å²) in [6, 6.07) is -4.12. The SMILES string of the molecule is NC(=O)CCC(NC(=O)C(CCC(N)=O)NC(=O)CNC(=O)C(N)CC(N)=O)C(=O)O. The number of rotatable bonds is 15. The Bertz CT molecular complexity index is 727. The fraction of sp³-hybridized carbons (Fsp3) is 0.562. The van der Waals surface area contributed by atoms with Crippen LogP contribution in [0.2, 0.25) is 0 Å². The molecule has 174 valence electrons. The fourth-order valence-corrected chi connectivity index (χ4v) is 2.22. The first kappa shape index (κ1) is 27.2. The van der Waals surface area contributed by atoms with Gasteiger partial charge >= 0.3 is 5.97 Å². The number of carboxylic acid groups (broad SMARTS) is 1. The van der Waals surface area contributed by atoms with Gasteiger partial charge in [-0.1, -0.05) is 0 Å². The minimum atomic E-state index is -1.47. The number of carboxylic acids is 1. The van der Waals surface area contributed by atoms with Crippen molar-refractivity contribution in [3.05, 3.63) is 0 Å². The molecule has 15 heteroatoms. The summed E-state index contributed by atoms with van der Waals surface area (Å²) in [4.78, 5) is 80.0. The van der Waals surface area contributed by atoms with Gasteiger partial charge in [-0.2, -0.15) is 0 Å². The first-order valence-electron chi connectivity index (χ1n) is 9.04. The number of nitrogens with one attached hydrogen (secondary N) is 3. The van der Waals surface area contributed by atoms with Crippen molar-refractivity contribution in [3.63, 3.8) is 0 Å². The summed E-state index contributed by atoms with van der Waals surface area (Å²) in [5.74, 6) is -6.48. The number of primary amides is 3. The summed E-state index contributed by atoms with van der Waals surface area (Å²) in [5, 5.41) is 15.7. The molecule has 0 saturated heterocycles. The molecular weight excluding hydrogens is 418 g/mol. The van der Waals surface area contributed by atoms with Crippen molar-refractivity contribution in [2.24, 2.45) is 22.9 Å². The third-order valence-corrected chi connectivity index (χ3v) is 3.81. The Balaban J connectivity index is 5.01. The lowest BCUT2D eigenvalue weighted by Gasteiger charge is -2.21. The second kappa shape index (κ2) is 13.5. The van der Waals surface area contributed by atoms with Crippen LogP contribution in [0.4, 0.5) is 0 Å². The first-order valence-corrected chi connectivity index (χ1v) is 9.04. The molecule has 0 spiro atoms. The molecule has 3 atom stereocenters. The minimum Gasteiger partial charge on any atom is -0.480 e. The lowest BCUT2D eigenvalue weighted by Crippen LogP contribution is -2.54. The summed E-state index contributed by atoms with van der Waals surface area (Å²) in [6.45, 7) is -0.629. The van der Waals surface area contributed by atoms with Crippen LogP contribution in [-0.4, -0.2) is 71.2 Å². The molecule has 0 radical (unpaired) electrons. The van der Waals surface area contributed by atoms with Gasteiger partial charge in [-0.3, -0.25) is 28.8 Å². The van der Waals surface area contributed by atoms with Crippen LogP contribution in [-0.2, 0) is 33.6 Å². The molecule has 15 nitrogen and oxygen atoms in total. The second-order valence-corrected chi connectivity index (χ2v) is 6.52. The predicted octanol–water partition coefficient (Wildman–Crippen LogP) is -5.11. The van der Waals surface area contributed by atoms with E-state index in [0.29, 0.717) is 0 Å². The van der Waals surface area contributed by atoms with Gasteiger partial charge in [-0.05, 0) is 12.8 Å². The first-order chi connectivity index (χ1) is 14.3. The Morgan fingerprint density at radius 2 is 1.26 bits per heavy atom. The smallest absolute Gasteiger partial charge is 0.326 e. The Morgan fingerprint density at radius 1 is 0.742 bits per heavy atom. The molecule has 0 aromatic heterocycles. The maximum Gasteiger partial charge on any atom is 0.326 e. The van der Waals surface area contributed by atoms with Gasteiger partial charge in [0.05, 0.1) is 19.0 Å². The fourth-order valence-electron chi connectivity index (χ4n) is 2.22. The summed E-state index contributed by atoms with van der Waals surface area (Å²) >= 11 is 0. The van der Waals surface area contributed by atoms with Crippen molar-refractivity contribution in [2.45, 2.75) is 50.2 Å². The van der Waals surface area contributed by atoms with E-state index in [1.54, 1.807) is 0 Å². The zero-order chi connectivity index (χ0) is 24.1. The molecule has 0 aliphatic heterocycles. The van der Waals surface area contributed by atoms with Crippen molar-refractivity contribution in [2.75, 3.05) is 6.54 Å². The van der Waals surface area contributed by atoms with E-state index in [9.17, 15) is 33.6 Å². The topological polar surface area (TPSA) is 280 Å². The molecule has 0 aromatic carbocycles. The Labute approximate surface area is 176 Å². The van der Waals surface area contributed by atoms with Crippen molar-refractivity contribution < 1.29 is 38.7 Å². The van der Waals surface area contributed by atoms with E-state index in [2.05, 4.69) is 16.0 Å². The normalized spacial score (nSPS) is 13.2. The van der Waals surface area contributed by atoms with Gasteiger partial charge in [-0.15, -0.1) is 0 Å².